The molecule has 0 radical (unpaired) electrons. The lowest BCUT2D eigenvalue weighted by atomic mass is 9.97. The summed E-state index contributed by atoms with van der Waals surface area (Å²) in [5.74, 6) is -3.49. The van der Waals surface area contributed by atoms with Gasteiger partial charge in [-0.1, -0.05) is 18.2 Å². The Morgan fingerprint density at radius 1 is 1.53 bits per heavy atom. The van der Waals surface area contributed by atoms with Gasteiger partial charge in [0.05, 0.1) is 0 Å². The van der Waals surface area contributed by atoms with Gasteiger partial charge in [-0.05, 0) is 12.5 Å². The Kier molecular flexibility index (Phi) is 2.65. The van der Waals surface area contributed by atoms with Crippen LogP contribution in [0.4, 0.5) is 13.6 Å². The molecule has 0 aliphatic carbocycles. The van der Waals surface area contributed by atoms with Crippen molar-refractivity contribution >= 4 is 6.09 Å². The zero-order chi connectivity index (χ0) is 12.6. The lowest BCUT2D eigenvalue weighted by molar-refractivity contribution is -0.104. The summed E-state index contributed by atoms with van der Waals surface area (Å²) in [6, 6.07) is 2.93. The van der Waals surface area contributed by atoms with Crippen LogP contribution in [0.1, 0.15) is 17.2 Å². The first-order valence-electron chi connectivity index (χ1n) is 5.01. The topological polar surface area (TPSA) is 58.6 Å². The third-order valence-electron chi connectivity index (χ3n) is 2.66. The van der Waals surface area contributed by atoms with Crippen molar-refractivity contribution in [2.45, 2.75) is 18.9 Å². The number of alkyl carbamates (subject to hydrolysis) is 1. The lowest BCUT2D eigenvalue weighted by Crippen LogP contribution is -2.49. The minimum Gasteiger partial charge on any atom is -0.507 e. The van der Waals surface area contributed by atoms with Crippen LogP contribution in [0.15, 0.2) is 18.2 Å². The Hall–Kier alpha value is -1.85. The summed E-state index contributed by atoms with van der Waals surface area (Å²) in [6.07, 6.45) is -0.915. The van der Waals surface area contributed by atoms with Gasteiger partial charge in [0.1, 0.15) is 11.8 Å². The van der Waals surface area contributed by atoms with Gasteiger partial charge in [-0.2, -0.15) is 0 Å². The Labute approximate surface area is 96.2 Å². The smallest absolute Gasteiger partial charge is 0.408 e. The number of phenolic OH excluding ortho intramolecular Hbond substituents is 1. The van der Waals surface area contributed by atoms with Crippen LogP contribution in [0, 0.1) is 6.92 Å². The molecule has 1 atom stereocenters. The van der Waals surface area contributed by atoms with Crippen LogP contribution in [0.25, 0.3) is 0 Å². The highest BCUT2D eigenvalue weighted by molar-refractivity contribution is 5.69. The summed E-state index contributed by atoms with van der Waals surface area (Å²) < 4.78 is 31.4. The number of para-hydroxylation sites is 1. The number of amides is 1. The number of halogens is 2. The largest absolute Gasteiger partial charge is 0.507 e. The van der Waals surface area contributed by atoms with Gasteiger partial charge in [-0.25, -0.2) is 13.6 Å². The maximum Gasteiger partial charge on any atom is 0.408 e. The Bertz CT molecular complexity index is 462. The molecule has 0 unspecified atom stereocenters. The minimum absolute atomic E-state index is 0.00773. The van der Waals surface area contributed by atoms with Crippen LogP contribution in [0.5, 0.6) is 5.75 Å². The number of phenols is 1. The van der Waals surface area contributed by atoms with Crippen LogP contribution in [-0.2, 0) is 4.74 Å². The molecule has 0 saturated carbocycles. The molecule has 1 aromatic rings. The molecule has 1 heterocycles. The molecule has 2 rings (SSSR count). The van der Waals surface area contributed by atoms with Gasteiger partial charge in [-0.3, -0.25) is 0 Å². The van der Waals surface area contributed by atoms with E-state index in [0.29, 0.717) is 5.56 Å². The van der Waals surface area contributed by atoms with Crippen molar-refractivity contribution in [3.63, 3.8) is 0 Å². The SMILES string of the molecule is Cc1cccc([C@H]2NC(=O)OCC2(F)F)c1O. The van der Waals surface area contributed by atoms with Gasteiger partial charge < -0.3 is 15.2 Å². The first-order valence-corrected chi connectivity index (χ1v) is 5.01. The number of alkyl halides is 2. The van der Waals surface area contributed by atoms with E-state index in [1.807, 2.05) is 5.32 Å². The Morgan fingerprint density at radius 3 is 2.94 bits per heavy atom. The molecule has 92 valence electrons. The van der Waals surface area contributed by atoms with Gasteiger partial charge in [-0.15, -0.1) is 0 Å². The number of hydrogen-bond donors (Lipinski definition) is 2. The number of nitrogens with one attached hydrogen (secondary N) is 1. The average Bonchev–Trinajstić information content (AvgIpc) is 2.26. The molecule has 1 aliphatic rings. The van der Waals surface area contributed by atoms with E-state index in [-0.39, 0.29) is 11.3 Å². The van der Waals surface area contributed by atoms with Crippen molar-refractivity contribution in [3.05, 3.63) is 29.3 Å². The van der Waals surface area contributed by atoms with Crippen molar-refractivity contribution in [2.24, 2.45) is 0 Å². The van der Waals surface area contributed by atoms with Gasteiger partial charge >= 0.3 is 12.0 Å². The second-order valence-electron chi connectivity index (χ2n) is 3.93. The van der Waals surface area contributed by atoms with Crippen molar-refractivity contribution in [1.29, 1.82) is 0 Å². The van der Waals surface area contributed by atoms with E-state index in [4.69, 9.17) is 0 Å². The van der Waals surface area contributed by atoms with Gasteiger partial charge in [0.15, 0.2) is 6.61 Å². The number of aryl methyl sites for hydroxylation is 1. The molecule has 6 heteroatoms. The number of benzene rings is 1. The summed E-state index contributed by atoms with van der Waals surface area (Å²) in [5, 5.41) is 11.8. The Morgan fingerprint density at radius 2 is 2.24 bits per heavy atom. The number of carbonyl (C=O) groups is 1. The minimum atomic E-state index is -3.25. The highest BCUT2D eigenvalue weighted by Crippen LogP contribution is 2.39. The molecule has 1 fully saturated rings. The van der Waals surface area contributed by atoms with Crippen LogP contribution in [0.3, 0.4) is 0 Å². The summed E-state index contributed by atoms with van der Waals surface area (Å²) >= 11 is 0. The van der Waals surface area contributed by atoms with E-state index in [1.165, 1.54) is 6.07 Å². The standard InChI is InChI=1S/C11H11F2NO3/c1-6-3-2-4-7(8(6)15)9-11(12,13)5-17-10(16)14-9/h2-4,9,15H,5H2,1H3,(H,14,16)/t9-/m1/s1. The monoisotopic (exact) mass is 243 g/mol. The van der Waals surface area contributed by atoms with Gasteiger partial charge in [0, 0.05) is 5.56 Å². The normalized spacial score (nSPS) is 22.8. The quantitative estimate of drug-likeness (QED) is 0.794. The molecule has 0 bridgehead atoms. The summed E-state index contributed by atoms with van der Waals surface area (Å²) in [6.45, 7) is 0.606. The number of ether oxygens (including phenoxy) is 1. The first-order chi connectivity index (χ1) is 7.92. The number of hydrogen-bond acceptors (Lipinski definition) is 3. The second kappa shape index (κ2) is 3.87. The van der Waals surface area contributed by atoms with Crippen molar-refractivity contribution in [3.8, 4) is 5.75 Å². The Balaban J connectivity index is 2.43. The molecule has 1 saturated heterocycles. The third kappa shape index (κ3) is 2.02. The molecule has 17 heavy (non-hydrogen) atoms. The molecule has 4 nitrogen and oxygen atoms in total. The van der Waals surface area contributed by atoms with E-state index >= 15 is 0 Å². The molecular formula is C11H11F2NO3. The van der Waals surface area contributed by atoms with Crippen molar-refractivity contribution < 1.29 is 23.4 Å². The zero-order valence-electron chi connectivity index (χ0n) is 9.04. The maximum absolute atomic E-state index is 13.6. The molecular weight excluding hydrogens is 232 g/mol. The third-order valence-corrected chi connectivity index (χ3v) is 2.66. The van der Waals surface area contributed by atoms with Crippen molar-refractivity contribution in [1.82, 2.24) is 5.32 Å². The van der Waals surface area contributed by atoms with Crippen LogP contribution < -0.4 is 5.32 Å². The molecule has 0 aromatic heterocycles. The van der Waals surface area contributed by atoms with E-state index in [9.17, 15) is 18.7 Å². The predicted molar refractivity (Wildman–Crippen MR) is 55.0 cm³/mol. The van der Waals surface area contributed by atoms with E-state index in [0.717, 1.165) is 0 Å². The predicted octanol–water partition coefficient (Wildman–Crippen LogP) is 2.12. The molecule has 1 aromatic carbocycles. The van der Waals surface area contributed by atoms with Crippen LogP contribution >= 0.6 is 0 Å². The summed E-state index contributed by atoms with van der Waals surface area (Å²) in [4.78, 5) is 11.0. The van der Waals surface area contributed by atoms with E-state index in [2.05, 4.69) is 4.74 Å². The first kappa shape index (κ1) is 11.6. The molecule has 0 spiro atoms. The fraction of sp³-hybridized carbons (Fsp3) is 0.364. The van der Waals surface area contributed by atoms with Gasteiger partial charge in [0.2, 0.25) is 0 Å². The van der Waals surface area contributed by atoms with E-state index in [1.54, 1.807) is 19.1 Å². The van der Waals surface area contributed by atoms with Crippen molar-refractivity contribution in [2.75, 3.05) is 6.61 Å². The second-order valence-corrected chi connectivity index (χ2v) is 3.93. The van der Waals surface area contributed by atoms with E-state index < -0.39 is 24.7 Å². The molecule has 1 aliphatic heterocycles. The highest BCUT2D eigenvalue weighted by atomic mass is 19.3. The fourth-order valence-electron chi connectivity index (χ4n) is 1.73. The maximum atomic E-state index is 13.6. The zero-order valence-corrected chi connectivity index (χ0v) is 9.04. The summed E-state index contributed by atoms with van der Waals surface area (Å²) in [7, 11) is 0. The number of rotatable bonds is 1. The number of aromatic hydroxyl groups is 1. The van der Waals surface area contributed by atoms with Gasteiger partial charge in [0.25, 0.3) is 0 Å². The molecule has 2 N–H and O–H groups in total. The number of carbonyl (C=O) groups excluding carboxylic acids is 1. The van der Waals surface area contributed by atoms with Crippen LogP contribution in [-0.4, -0.2) is 23.7 Å². The lowest BCUT2D eigenvalue weighted by Gasteiger charge is -2.32. The molecule has 1 amide bonds. The highest BCUT2D eigenvalue weighted by Gasteiger charge is 2.47. The number of cyclic esters (lactones) is 1. The average molecular weight is 243 g/mol. The fourth-order valence-corrected chi connectivity index (χ4v) is 1.73. The summed E-state index contributed by atoms with van der Waals surface area (Å²) in [5.41, 5.74) is 0.464. The van der Waals surface area contributed by atoms with Crippen LogP contribution in [0.2, 0.25) is 0 Å².